The van der Waals surface area contributed by atoms with Crippen molar-refractivity contribution in [3.8, 4) is 16.9 Å². The highest BCUT2D eigenvalue weighted by molar-refractivity contribution is 5.64. The first-order chi connectivity index (χ1) is 15.4. The number of rotatable bonds is 10. The molecule has 1 fully saturated rings. The average molecular weight is 451 g/mol. The van der Waals surface area contributed by atoms with Gasteiger partial charge < -0.3 is 4.74 Å². The number of unbranched alkanes of at least 4 members (excludes halogenated alkanes) is 5. The maximum absolute atomic E-state index is 14.0. The average Bonchev–Trinajstić information content (AvgIpc) is 2.77. The second-order valence-electron chi connectivity index (χ2n) is 9.09. The maximum atomic E-state index is 14.0. The van der Waals surface area contributed by atoms with Crippen molar-refractivity contribution in [2.75, 3.05) is 0 Å². The summed E-state index contributed by atoms with van der Waals surface area (Å²) in [6.45, 7) is 2.25. The third kappa shape index (κ3) is 7.53. The summed E-state index contributed by atoms with van der Waals surface area (Å²) in [6.07, 6.45) is 9.56. The quantitative estimate of drug-likeness (QED) is 0.259. The SMILES string of the molecule is CCCCCCCCC1CCC(c2ccc(-c3ccc(OC(F)(F)F)c(F)c3)cc2)CC1. The monoisotopic (exact) mass is 450 g/mol. The normalized spacial score (nSPS) is 19.2. The van der Waals surface area contributed by atoms with E-state index in [9.17, 15) is 17.6 Å². The third-order valence-corrected chi connectivity index (χ3v) is 6.69. The van der Waals surface area contributed by atoms with E-state index in [1.54, 1.807) is 0 Å². The number of halogens is 4. The Morgan fingerprint density at radius 3 is 2.06 bits per heavy atom. The summed E-state index contributed by atoms with van der Waals surface area (Å²) in [6, 6.07) is 11.6. The van der Waals surface area contributed by atoms with Gasteiger partial charge in [0.25, 0.3) is 0 Å². The Balaban J connectivity index is 1.48. The fraction of sp³-hybridized carbons (Fsp3) is 0.556. The summed E-state index contributed by atoms with van der Waals surface area (Å²) >= 11 is 0. The molecule has 1 saturated carbocycles. The van der Waals surface area contributed by atoms with Gasteiger partial charge in [0.1, 0.15) is 0 Å². The van der Waals surface area contributed by atoms with E-state index >= 15 is 0 Å². The predicted molar refractivity (Wildman–Crippen MR) is 121 cm³/mol. The summed E-state index contributed by atoms with van der Waals surface area (Å²) in [4.78, 5) is 0. The lowest BCUT2D eigenvalue weighted by Gasteiger charge is -2.29. The predicted octanol–water partition coefficient (Wildman–Crippen LogP) is 9.42. The smallest absolute Gasteiger partial charge is 0.403 e. The lowest BCUT2D eigenvalue weighted by Crippen LogP contribution is -2.17. The van der Waals surface area contributed by atoms with Gasteiger partial charge in [0.2, 0.25) is 0 Å². The van der Waals surface area contributed by atoms with Crippen molar-refractivity contribution >= 4 is 0 Å². The molecule has 0 radical (unpaired) electrons. The van der Waals surface area contributed by atoms with Gasteiger partial charge in [0.15, 0.2) is 11.6 Å². The van der Waals surface area contributed by atoms with Gasteiger partial charge in [-0.25, -0.2) is 4.39 Å². The van der Waals surface area contributed by atoms with Crippen molar-refractivity contribution in [1.82, 2.24) is 0 Å². The van der Waals surface area contributed by atoms with Crippen LogP contribution in [0.25, 0.3) is 11.1 Å². The molecule has 176 valence electrons. The molecule has 5 heteroatoms. The van der Waals surface area contributed by atoms with Crippen LogP contribution in [0.2, 0.25) is 0 Å². The van der Waals surface area contributed by atoms with Crippen molar-refractivity contribution in [2.45, 2.75) is 89.8 Å². The molecule has 32 heavy (non-hydrogen) atoms. The number of hydrogen-bond acceptors (Lipinski definition) is 1. The first-order valence-corrected chi connectivity index (χ1v) is 12.0. The molecule has 0 saturated heterocycles. The van der Waals surface area contributed by atoms with Crippen LogP contribution < -0.4 is 4.74 Å². The molecule has 0 amide bonds. The molecule has 0 unspecified atom stereocenters. The standard InChI is InChI=1S/C27H34F4O/c1-2-3-4-5-6-7-8-20-9-11-21(12-10-20)22-13-15-23(16-14-22)24-17-18-26(25(28)19-24)32-27(29,30)31/h13-21H,2-12H2,1H3. The minimum atomic E-state index is -4.91. The molecule has 0 aromatic heterocycles. The van der Waals surface area contributed by atoms with Crippen LogP contribution in [-0.4, -0.2) is 6.36 Å². The first kappa shape index (κ1) is 24.6. The zero-order valence-electron chi connectivity index (χ0n) is 18.9. The Morgan fingerprint density at radius 1 is 0.812 bits per heavy atom. The van der Waals surface area contributed by atoms with Crippen LogP contribution in [-0.2, 0) is 0 Å². The van der Waals surface area contributed by atoms with Crippen molar-refractivity contribution in [3.05, 3.63) is 53.8 Å². The highest BCUT2D eigenvalue weighted by atomic mass is 19.4. The second kappa shape index (κ2) is 11.7. The van der Waals surface area contributed by atoms with Gasteiger partial charge >= 0.3 is 6.36 Å². The fourth-order valence-corrected chi connectivity index (χ4v) is 4.83. The van der Waals surface area contributed by atoms with E-state index in [4.69, 9.17) is 0 Å². The Bertz CT molecular complexity index is 821. The molecular weight excluding hydrogens is 416 g/mol. The van der Waals surface area contributed by atoms with Gasteiger partial charge in [-0.3, -0.25) is 0 Å². The van der Waals surface area contributed by atoms with Crippen molar-refractivity contribution in [1.29, 1.82) is 0 Å². The number of benzene rings is 2. The number of ether oxygens (including phenoxy) is 1. The molecule has 0 heterocycles. The van der Waals surface area contributed by atoms with E-state index in [0.717, 1.165) is 23.6 Å². The van der Waals surface area contributed by atoms with Gasteiger partial charge in [-0.15, -0.1) is 13.2 Å². The topological polar surface area (TPSA) is 9.23 Å². The van der Waals surface area contributed by atoms with Crippen LogP contribution in [0.4, 0.5) is 17.6 Å². The summed E-state index contributed by atoms with van der Waals surface area (Å²) in [5.74, 6) is -0.413. The lowest BCUT2D eigenvalue weighted by atomic mass is 9.77. The van der Waals surface area contributed by atoms with Gasteiger partial charge in [0, 0.05) is 0 Å². The summed E-state index contributed by atoms with van der Waals surface area (Å²) in [5.41, 5.74) is 2.61. The molecular formula is C27H34F4O. The van der Waals surface area contributed by atoms with Crippen LogP contribution >= 0.6 is 0 Å². The molecule has 0 aliphatic heterocycles. The van der Waals surface area contributed by atoms with Gasteiger partial charge in [0.05, 0.1) is 0 Å². The highest BCUT2D eigenvalue weighted by Gasteiger charge is 2.32. The van der Waals surface area contributed by atoms with Crippen molar-refractivity contribution in [2.24, 2.45) is 5.92 Å². The van der Waals surface area contributed by atoms with E-state index in [0.29, 0.717) is 11.5 Å². The Morgan fingerprint density at radius 2 is 1.44 bits per heavy atom. The van der Waals surface area contributed by atoms with E-state index < -0.39 is 17.9 Å². The van der Waals surface area contributed by atoms with Gasteiger partial charge in [-0.05, 0) is 66.3 Å². The zero-order valence-corrected chi connectivity index (χ0v) is 18.9. The molecule has 0 atom stereocenters. The molecule has 0 spiro atoms. The molecule has 0 N–H and O–H groups in total. The van der Waals surface area contributed by atoms with Crippen LogP contribution in [0.5, 0.6) is 5.75 Å². The van der Waals surface area contributed by atoms with Crippen LogP contribution in [0.15, 0.2) is 42.5 Å². The molecule has 1 aliphatic carbocycles. The third-order valence-electron chi connectivity index (χ3n) is 6.69. The van der Waals surface area contributed by atoms with Gasteiger partial charge in [-0.1, -0.05) is 82.2 Å². The minimum absolute atomic E-state index is 0.534. The largest absolute Gasteiger partial charge is 0.573 e. The maximum Gasteiger partial charge on any atom is 0.573 e. The highest BCUT2D eigenvalue weighted by Crippen LogP contribution is 2.38. The van der Waals surface area contributed by atoms with E-state index in [1.165, 1.54) is 82.3 Å². The van der Waals surface area contributed by atoms with E-state index in [2.05, 4.69) is 23.8 Å². The molecule has 1 aliphatic rings. The molecule has 3 rings (SSSR count). The first-order valence-electron chi connectivity index (χ1n) is 12.0. The van der Waals surface area contributed by atoms with Crippen LogP contribution in [0.1, 0.15) is 89.0 Å². The van der Waals surface area contributed by atoms with Gasteiger partial charge in [-0.2, -0.15) is 0 Å². The van der Waals surface area contributed by atoms with Crippen LogP contribution in [0.3, 0.4) is 0 Å². The lowest BCUT2D eigenvalue weighted by molar-refractivity contribution is -0.275. The minimum Gasteiger partial charge on any atom is -0.403 e. The van der Waals surface area contributed by atoms with Crippen molar-refractivity contribution in [3.63, 3.8) is 0 Å². The molecule has 1 nitrogen and oxygen atoms in total. The summed E-state index contributed by atoms with van der Waals surface area (Å²) in [7, 11) is 0. The second-order valence-corrected chi connectivity index (χ2v) is 9.09. The summed E-state index contributed by atoms with van der Waals surface area (Å²) < 4.78 is 54.7. The Hall–Kier alpha value is -2.04. The molecule has 2 aromatic rings. The zero-order chi connectivity index (χ0) is 23.0. The Labute approximate surface area is 189 Å². The summed E-state index contributed by atoms with van der Waals surface area (Å²) in [5, 5.41) is 0. The molecule has 0 bridgehead atoms. The fourth-order valence-electron chi connectivity index (χ4n) is 4.83. The number of hydrogen-bond donors (Lipinski definition) is 0. The molecule has 2 aromatic carbocycles. The number of alkyl halides is 3. The van der Waals surface area contributed by atoms with E-state index in [-0.39, 0.29) is 0 Å². The van der Waals surface area contributed by atoms with Crippen molar-refractivity contribution < 1.29 is 22.3 Å². The van der Waals surface area contributed by atoms with E-state index in [1.807, 2.05) is 12.1 Å². The van der Waals surface area contributed by atoms with Crippen LogP contribution in [0, 0.1) is 11.7 Å². The Kier molecular flexibility index (Phi) is 9.01.